The normalized spacial score (nSPS) is 11.5. The van der Waals surface area contributed by atoms with Crippen LogP contribution in [0.15, 0.2) is 249 Å². The second-order valence-corrected chi connectivity index (χ2v) is 17.2. The molecular weight excluding hydrogens is 827 g/mol. The molecule has 3 heterocycles. The van der Waals surface area contributed by atoms with Crippen LogP contribution in [0.5, 0.6) is 0 Å². The van der Waals surface area contributed by atoms with Crippen molar-refractivity contribution in [2.45, 2.75) is 0 Å². The lowest BCUT2D eigenvalue weighted by atomic mass is 9.89. The molecule has 10 aromatic carbocycles. The molecule has 0 unspecified atom stereocenters. The van der Waals surface area contributed by atoms with Gasteiger partial charge >= 0.3 is 0 Å². The van der Waals surface area contributed by atoms with Crippen LogP contribution in [-0.2, 0) is 0 Å². The van der Waals surface area contributed by atoms with Gasteiger partial charge in [-0.2, -0.15) is 0 Å². The summed E-state index contributed by atoms with van der Waals surface area (Å²) in [6, 6.07) is 88.1. The van der Waals surface area contributed by atoms with Crippen LogP contribution < -0.4 is 0 Å². The standard InChI is InChI=1S/C63H41N5/c1-3-21-48(22-4-1)67-58-31-13-11-29-56(58)64-62(67)46-37-33-44(34-38-46)54-41-55(45-35-39-47(40-36-45)63-65-57-30-12-14-32-59(57)68(63)49-23-5-2-6-24-49)61(53-28-16-20-43-18-8-10-26-51(43)53)66-60(54)52-27-15-19-42-17-7-9-25-50(42)52/h1-41H. The van der Waals surface area contributed by atoms with Crippen molar-refractivity contribution in [3.63, 3.8) is 0 Å². The molecule has 0 aliphatic carbocycles. The zero-order chi connectivity index (χ0) is 45.0. The molecular formula is C63H41N5. The molecule has 0 spiro atoms. The molecule has 5 heteroatoms. The molecule has 318 valence electrons. The first kappa shape index (κ1) is 39.2. The molecule has 0 atom stereocenters. The fourth-order valence-electron chi connectivity index (χ4n) is 9.94. The minimum atomic E-state index is 0.893. The van der Waals surface area contributed by atoms with Crippen molar-refractivity contribution >= 4 is 43.6 Å². The molecule has 68 heavy (non-hydrogen) atoms. The van der Waals surface area contributed by atoms with Gasteiger partial charge in [-0.05, 0) is 87.3 Å². The Morgan fingerprint density at radius 3 is 1.09 bits per heavy atom. The Hall–Kier alpha value is -9.19. The SMILES string of the molecule is c1ccc(-n2c(-c3ccc(-c4cc(-c5ccc(-c6nc7ccccc7n6-c6ccccc6)cc5)c(-c5cccc6ccccc56)nc4-c4cccc5ccccc45)cc3)nc3ccccc32)cc1. The fraction of sp³-hybridized carbons (Fsp3) is 0. The van der Waals surface area contributed by atoms with Crippen LogP contribution in [0.2, 0.25) is 0 Å². The van der Waals surface area contributed by atoms with Crippen LogP contribution >= 0.6 is 0 Å². The number of benzene rings is 10. The smallest absolute Gasteiger partial charge is 0.145 e. The summed E-state index contributed by atoms with van der Waals surface area (Å²) in [5.74, 6) is 1.79. The number of fused-ring (bicyclic) bond motifs is 4. The quantitative estimate of drug-likeness (QED) is 0.153. The highest BCUT2D eigenvalue weighted by Gasteiger charge is 2.22. The van der Waals surface area contributed by atoms with E-state index >= 15 is 0 Å². The van der Waals surface area contributed by atoms with Crippen molar-refractivity contribution in [3.8, 4) is 78.9 Å². The second-order valence-electron chi connectivity index (χ2n) is 17.2. The number of hydrogen-bond donors (Lipinski definition) is 0. The van der Waals surface area contributed by atoms with E-state index in [0.29, 0.717) is 0 Å². The third-order valence-corrected chi connectivity index (χ3v) is 13.2. The molecule has 0 N–H and O–H groups in total. The van der Waals surface area contributed by atoms with E-state index in [2.05, 4.69) is 246 Å². The van der Waals surface area contributed by atoms with Crippen LogP contribution in [0.1, 0.15) is 0 Å². The molecule has 0 fully saturated rings. The third kappa shape index (κ3) is 6.68. The highest BCUT2D eigenvalue weighted by atomic mass is 15.1. The maximum Gasteiger partial charge on any atom is 0.145 e. The van der Waals surface area contributed by atoms with Gasteiger partial charge in [-0.3, -0.25) is 9.13 Å². The van der Waals surface area contributed by atoms with Gasteiger partial charge in [0.25, 0.3) is 0 Å². The molecule has 13 aromatic rings. The van der Waals surface area contributed by atoms with E-state index in [1.54, 1.807) is 0 Å². The molecule has 0 aliphatic rings. The fourth-order valence-corrected chi connectivity index (χ4v) is 9.94. The van der Waals surface area contributed by atoms with E-state index in [0.717, 1.165) is 112 Å². The maximum absolute atomic E-state index is 5.86. The molecule has 0 bridgehead atoms. The largest absolute Gasteiger partial charge is 0.292 e. The van der Waals surface area contributed by atoms with Crippen molar-refractivity contribution < 1.29 is 0 Å². The van der Waals surface area contributed by atoms with Gasteiger partial charge in [0.15, 0.2) is 0 Å². The van der Waals surface area contributed by atoms with E-state index in [1.165, 1.54) is 10.8 Å². The molecule has 0 radical (unpaired) electrons. The average Bonchev–Trinajstić information content (AvgIpc) is 4.01. The Bertz CT molecular complexity index is 3730. The van der Waals surface area contributed by atoms with Crippen LogP contribution in [0, 0.1) is 0 Å². The lowest BCUT2D eigenvalue weighted by Gasteiger charge is -2.19. The van der Waals surface area contributed by atoms with E-state index in [-0.39, 0.29) is 0 Å². The van der Waals surface area contributed by atoms with E-state index in [4.69, 9.17) is 15.0 Å². The zero-order valence-electron chi connectivity index (χ0n) is 36.9. The van der Waals surface area contributed by atoms with Crippen molar-refractivity contribution in [1.29, 1.82) is 0 Å². The van der Waals surface area contributed by atoms with Crippen molar-refractivity contribution in [3.05, 3.63) is 249 Å². The summed E-state index contributed by atoms with van der Waals surface area (Å²) in [5, 5.41) is 4.64. The summed E-state index contributed by atoms with van der Waals surface area (Å²) < 4.78 is 4.51. The first-order chi connectivity index (χ1) is 33.7. The van der Waals surface area contributed by atoms with E-state index in [9.17, 15) is 0 Å². The number of aromatic nitrogens is 5. The Kier molecular flexibility index (Phi) is 9.43. The van der Waals surface area contributed by atoms with Gasteiger partial charge in [-0.25, -0.2) is 15.0 Å². The van der Waals surface area contributed by atoms with Gasteiger partial charge in [0, 0.05) is 44.8 Å². The zero-order valence-corrected chi connectivity index (χ0v) is 36.9. The summed E-state index contributed by atoms with van der Waals surface area (Å²) in [7, 11) is 0. The topological polar surface area (TPSA) is 48.5 Å². The first-order valence-corrected chi connectivity index (χ1v) is 23.0. The molecule has 0 aliphatic heterocycles. The van der Waals surface area contributed by atoms with Crippen LogP contribution in [0.25, 0.3) is 123 Å². The van der Waals surface area contributed by atoms with Crippen LogP contribution in [0.4, 0.5) is 0 Å². The lowest BCUT2D eigenvalue weighted by molar-refractivity contribution is 1.10. The number of imidazole rings is 2. The molecule has 0 amide bonds. The van der Waals surface area contributed by atoms with Gasteiger partial charge in [-0.15, -0.1) is 0 Å². The number of hydrogen-bond acceptors (Lipinski definition) is 3. The predicted molar refractivity (Wildman–Crippen MR) is 281 cm³/mol. The van der Waals surface area contributed by atoms with Crippen LogP contribution in [0.3, 0.4) is 0 Å². The molecule has 0 saturated carbocycles. The van der Waals surface area contributed by atoms with Gasteiger partial charge in [0.2, 0.25) is 0 Å². The highest BCUT2D eigenvalue weighted by molar-refractivity contribution is 6.04. The summed E-state index contributed by atoms with van der Waals surface area (Å²) in [6.45, 7) is 0. The van der Waals surface area contributed by atoms with Gasteiger partial charge in [0.1, 0.15) is 11.6 Å². The molecule has 0 saturated heterocycles. The summed E-state index contributed by atoms with van der Waals surface area (Å²) in [6.07, 6.45) is 0. The number of nitrogens with zero attached hydrogens (tertiary/aromatic N) is 5. The van der Waals surface area contributed by atoms with E-state index < -0.39 is 0 Å². The van der Waals surface area contributed by atoms with Crippen molar-refractivity contribution in [2.24, 2.45) is 0 Å². The third-order valence-electron chi connectivity index (χ3n) is 13.2. The Balaban J connectivity index is 1.03. The van der Waals surface area contributed by atoms with Crippen molar-refractivity contribution in [2.75, 3.05) is 0 Å². The Morgan fingerprint density at radius 1 is 0.265 bits per heavy atom. The number of rotatable bonds is 8. The van der Waals surface area contributed by atoms with E-state index in [1.807, 2.05) is 12.1 Å². The maximum atomic E-state index is 5.86. The lowest BCUT2D eigenvalue weighted by Crippen LogP contribution is -1.99. The van der Waals surface area contributed by atoms with Gasteiger partial charge in [-0.1, -0.05) is 194 Å². The number of para-hydroxylation sites is 6. The average molecular weight is 868 g/mol. The first-order valence-electron chi connectivity index (χ1n) is 23.0. The monoisotopic (exact) mass is 867 g/mol. The van der Waals surface area contributed by atoms with Gasteiger partial charge in [0.05, 0.1) is 33.5 Å². The molecule has 13 rings (SSSR count). The predicted octanol–water partition coefficient (Wildman–Crippen LogP) is 16.1. The summed E-state index contributed by atoms with van der Waals surface area (Å²) in [4.78, 5) is 16.2. The van der Waals surface area contributed by atoms with Crippen molar-refractivity contribution in [1.82, 2.24) is 24.1 Å². The molecule has 3 aromatic heterocycles. The van der Waals surface area contributed by atoms with Gasteiger partial charge < -0.3 is 0 Å². The second kappa shape index (κ2) is 16.4. The minimum Gasteiger partial charge on any atom is -0.292 e. The number of pyridine rings is 1. The minimum absolute atomic E-state index is 0.893. The summed E-state index contributed by atoms with van der Waals surface area (Å²) >= 11 is 0. The highest BCUT2D eigenvalue weighted by Crippen LogP contribution is 2.44. The van der Waals surface area contributed by atoms with Crippen LogP contribution in [-0.4, -0.2) is 24.1 Å². The Labute approximate surface area is 393 Å². The summed E-state index contributed by atoms with van der Waals surface area (Å²) in [5.41, 5.74) is 16.4. The Morgan fingerprint density at radius 2 is 0.632 bits per heavy atom. The molecule has 5 nitrogen and oxygen atoms in total.